The zero-order valence-electron chi connectivity index (χ0n) is 13.5. The molecule has 0 amide bonds. The number of hydrogen-bond acceptors (Lipinski definition) is 2. The summed E-state index contributed by atoms with van der Waals surface area (Å²) in [5.41, 5.74) is 2.35. The minimum absolute atomic E-state index is 0.575. The van der Waals surface area contributed by atoms with E-state index in [-0.39, 0.29) is 0 Å². The summed E-state index contributed by atoms with van der Waals surface area (Å²) >= 11 is 8.00. The fourth-order valence-corrected chi connectivity index (χ4v) is 3.67. The van der Waals surface area contributed by atoms with E-state index >= 15 is 0 Å². The van der Waals surface area contributed by atoms with Crippen LogP contribution in [0.1, 0.15) is 18.1 Å². The van der Waals surface area contributed by atoms with Gasteiger partial charge in [0.05, 0.1) is 0 Å². The van der Waals surface area contributed by atoms with Crippen molar-refractivity contribution in [2.45, 2.75) is 29.7 Å². The number of benzene rings is 3. The van der Waals surface area contributed by atoms with Crippen molar-refractivity contribution in [1.29, 1.82) is 0 Å². The van der Waals surface area contributed by atoms with Crippen LogP contribution in [-0.2, 0) is 13.0 Å². The van der Waals surface area contributed by atoms with Crippen molar-refractivity contribution in [2.75, 3.05) is 0 Å². The summed E-state index contributed by atoms with van der Waals surface area (Å²) in [5, 5.41) is 0.832. The van der Waals surface area contributed by atoms with Crippen LogP contribution in [0, 0.1) is 0 Å². The maximum absolute atomic E-state index is 6.31. The van der Waals surface area contributed by atoms with Crippen LogP contribution >= 0.6 is 23.4 Å². The first-order chi connectivity index (χ1) is 11.7. The molecule has 0 saturated heterocycles. The standard InChI is InChI=1S/C21H19ClOS/c1-2-17-11-12-20(14-21(17)22)24-19-10-6-9-18(13-19)23-15-16-7-4-3-5-8-16/h3-14H,2,15H2,1H3. The summed E-state index contributed by atoms with van der Waals surface area (Å²) in [4.78, 5) is 2.28. The number of aryl methyl sites for hydroxylation is 1. The molecule has 0 aliphatic rings. The molecule has 0 atom stereocenters. The lowest BCUT2D eigenvalue weighted by Crippen LogP contribution is -1.94. The van der Waals surface area contributed by atoms with Crippen molar-refractivity contribution < 1.29 is 4.74 Å². The topological polar surface area (TPSA) is 9.23 Å². The average molecular weight is 355 g/mol. The molecule has 0 spiro atoms. The van der Waals surface area contributed by atoms with Gasteiger partial charge in [0.1, 0.15) is 12.4 Å². The third-order valence-electron chi connectivity index (χ3n) is 3.69. The van der Waals surface area contributed by atoms with E-state index < -0.39 is 0 Å². The molecule has 0 aliphatic carbocycles. The summed E-state index contributed by atoms with van der Waals surface area (Å²) in [6, 6.07) is 24.6. The second-order valence-electron chi connectivity index (χ2n) is 5.46. The molecular weight excluding hydrogens is 336 g/mol. The third kappa shape index (κ3) is 4.56. The lowest BCUT2D eigenvalue weighted by atomic mass is 10.2. The largest absolute Gasteiger partial charge is 0.489 e. The number of ether oxygens (including phenoxy) is 1. The Kier molecular flexibility index (Phi) is 5.84. The van der Waals surface area contributed by atoms with E-state index in [1.807, 2.05) is 36.4 Å². The first-order valence-electron chi connectivity index (χ1n) is 7.97. The molecule has 3 aromatic rings. The van der Waals surface area contributed by atoms with Gasteiger partial charge in [-0.05, 0) is 47.9 Å². The molecule has 0 radical (unpaired) electrons. The van der Waals surface area contributed by atoms with E-state index in [9.17, 15) is 0 Å². The van der Waals surface area contributed by atoms with Gasteiger partial charge < -0.3 is 4.74 Å². The van der Waals surface area contributed by atoms with E-state index in [1.165, 1.54) is 5.56 Å². The highest BCUT2D eigenvalue weighted by Gasteiger charge is 2.04. The fraction of sp³-hybridized carbons (Fsp3) is 0.143. The van der Waals surface area contributed by atoms with Crippen LogP contribution in [0.15, 0.2) is 82.6 Å². The summed E-state index contributed by atoms with van der Waals surface area (Å²) in [6.45, 7) is 2.69. The van der Waals surface area contributed by atoms with Gasteiger partial charge in [0.15, 0.2) is 0 Å². The molecule has 0 aromatic heterocycles. The number of rotatable bonds is 6. The zero-order valence-corrected chi connectivity index (χ0v) is 15.1. The minimum atomic E-state index is 0.575. The second kappa shape index (κ2) is 8.27. The highest BCUT2D eigenvalue weighted by molar-refractivity contribution is 7.99. The molecule has 0 unspecified atom stereocenters. The van der Waals surface area contributed by atoms with Crippen molar-refractivity contribution in [3.8, 4) is 5.75 Å². The summed E-state index contributed by atoms with van der Waals surface area (Å²) < 4.78 is 5.89. The van der Waals surface area contributed by atoms with Crippen molar-refractivity contribution in [1.82, 2.24) is 0 Å². The van der Waals surface area contributed by atoms with Crippen LogP contribution in [-0.4, -0.2) is 0 Å². The molecule has 122 valence electrons. The van der Waals surface area contributed by atoms with Crippen LogP contribution in [0.4, 0.5) is 0 Å². The molecule has 0 aliphatic heterocycles. The lowest BCUT2D eigenvalue weighted by Gasteiger charge is -2.09. The van der Waals surface area contributed by atoms with E-state index in [1.54, 1.807) is 11.8 Å². The first-order valence-corrected chi connectivity index (χ1v) is 9.17. The summed E-state index contributed by atoms with van der Waals surface area (Å²) in [5.74, 6) is 0.875. The molecule has 24 heavy (non-hydrogen) atoms. The fourth-order valence-electron chi connectivity index (χ4n) is 2.38. The Balaban J connectivity index is 1.67. The Hall–Kier alpha value is -1.90. The maximum Gasteiger partial charge on any atom is 0.120 e. The van der Waals surface area contributed by atoms with Gasteiger partial charge in [0.25, 0.3) is 0 Å². The molecule has 3 aromatic carbocycles. The van der Waals surface area contributed by atoms with Crippen LogP contribution in [0.3, 0.4) is 0 Å². The second-order valence-corrected chi connectivity index (χ2v) is 7.01. The van der Waals surface area contributed by atoms with Gasteiger partial charge in [-0.2, -0.15) is 0 Å². The highest BCUT2D eigenvalue weighted by Crippen LogP contribution is 2.32. The zero-order chi connectivity index (χ0) is 16.8. The number of hydrogen-bond donors (Lipinski definition) is 0. The quantitative estimate of drug-likeness (QED) is 0.491. The van der Waals surface area contributed by atoms with Crippen LogP contribution in [0.25, 0.3) is 0 Å². The molecule has 1 nitrogen and oxygen atoms in total. The van der Waals surface area contributed by atoms with Crippen molar-refractivity contribution >= 4 is 23.4 Å². The Labute approximate surface area is 152 Å². The predicted molar refractivity (Wildman–Crippen MR) is 102 cm³/mol. The lowest BCUT2D eigenvalue weighted by molar-refractivity contribution is 0.305. The van der Waals surface area contributed by atoms with Crippen molar-refractivity contribution in [3.05, 3.63) is 88.9 Å². The van der Waals surface area contributed by atoms with Crippen molar-refractivity contribution in [3.63, 3.8) is 0 Å². The highest BCUT2D eigenvalue weighted by atomic mass is 35.5. The van der Waals surface area contributed by atoms with Gasteiger partial charge in [-0.25, -0.2) is 0 Å². The van der Waals surface area contributed by atoms with E-state index in [0.29, 0.717) is 6.61 Å². The normalized spacial score (nSPS) is 10.6. The Morgan fingerprint density at radius 1 is 0.875 bits per heavy atom. The summed E-state index contributed by atoms with van der Waals surface area (Å²) in [7, 11) is 0. The molecule has 3 heteroatoms. The van der Waals surface area contributed by atoms with Gasteiger partial charge in [-0.3, -0.25) is 0 Å². The van der Waals surface area contributed by atoms with Crippen LogP contribution < -0.4 is 4.74 Å². The predicted octanol–water partition coefficient (Wildman–Crippen LogP) is 6.63. The smallest absolute Gasteiger partial charge is 0.120 e. The molecule has 0 N–H and O–H groups in total. The Bertz CT molecular complexity index is 802. The van der Waals surface area contributed by atoms with Gasteiger partial charge in [0.2, 0.25) is 0 Å². The van der Waals surface area contributed by atoms with E-state index in [2.05, 4.69) is 43.3 Å². The molecule has 0 bridgehead atoms. The van der Waals surface area contributed by atoms with Crippen LogP contribution in [0.2, 0.25) is 5.02 Å². The van der Waals surface area contributed by atoms with Gasteiger partial charge in [-0.1, -0.05) is 72.8 Å². The Morgan fingerprint density at radius 2 is 1.67 bits per heavy atom. The van der Waals surface area contributed by atoms with E-state index in [0.717, 1.165) is 32.5 Å². The number of halogens is 1. The molecule has 3 rings (SSSR count). The average Bonchev–Trinajstić information content (AvgIpc) is 2.61. The molecule has 0 heterocycles. The van der Waals surface area contributed by atoms with E-state index in [4.69, 9.17) is 16.3 Å². The monoisotopic (exact) mass is 354 g/mol. The third-order valence-corrected chi connectivity index (χ3v) is 5.03. The summed E-state index contributed by atoms with van der Waals surface area (Å²) in [6.07, 6.45) is 0.951. The van der Waals surface area contributed by atoms with Gasteiger partial charge >= 0.3 is 0 Å². The van der Waals surface area contributed by atoms with Crippen molar-refractivity contribution in [2.24, 2.45) is 0 Å². The molecule has 0 fully saturated rings. The minimum Gasteiger partial charge on any atom is -0.489 e. The molecular formula is C21H19ClOS. The van der Waals surface area contributed by atoms with Gasteiger partial charge in [0, 0.05) is 14.8 Å². The Morgan fingerprint density at radius 3 is 2.42 bits per heavy atom. The SMILES string of the molecule is CCc1ccc(Sc2cccc(OCc3ccccc3)c2)cc1Cl. The molecule has 0 saturated carbocycles. The maximum atomic E-state index is 6.31. The first kappa shape index (κ1) is 16.9. The van der Waals surface area contributed by atoms with Gasteiger partial charge in [-0.15, -0.1) is 0 Å². The van der Waals surface area contributed by atoms with Crippen LogP contribution in [0.5, 0.6) is 5.75 Å².